The van der Waals surface area contributed by atoms with Crippen LogP contribution in [0.5, 0.6) is 0 Å². The molecule has 0 aliphatic heterocycles. The maximum atomic E-state index is 10.1. The molecule has 0 radical (unpaired) electrons. The summed E-state index contributed by atoms with van der Waals surface area (Å²) in [6, 6.07) is 3.87. The van der Waals surface area contributed by atoms with Crippen molar-refractivity contribution < 1.29 is 9.52 Å². The molecule has 1 unspecified atom stereocenters. The molecule has 5 nitrogen and oxygen atoms in total. The van der Waals surface area contributed by atoms with Gasteiger partial charge in [0.05, 0.1) is 12.3 Å². The number of aromatic amines is 1. The summed E-state index contributed by atoms with van der Waals surface area (Å²) in [5.74, 6) is 2.03. The Kier molecular flexibility index (Phi) is 5.59. The normalized spacial score (nSPS) is 13.0. The first-order valence-electron chi connectivity index (χ1n) is 7.63. The first kappa shape index (κ1) is 15.8. The Balaban J connectivity index is 1.91. The maximum absolute atomic E-state index is 10.1. The van der Waals surface area contributed by atoms with Crippen molar-refractivity contribution in [1.82, 2.24) is 15.5 Å². The van der Waals surface area contributed by atoms with E-state index in [1.807, 2.05) is 19.1 Å². The Morgan fingerprint density at radius 2 is 2.10 bits per heavy atom. The summed E-state index contributed by atoms with van der Waals surface area (Å²) in [7, 11) is 0. The number of hydrogen-bond donors (Lipinski definition) is 3. The van der Waals surface area contributed by atoms with Gasteiger partial charge in [-0.3, -0.25) is 5.10 Å². The van der Waals surface area contributed by atoms with E-state index in [0.29, 0.717) is 19.0 Å². The van der Waals surface area contributed by atoms with E-state index in [-0.39, 0.29) is 6.10 Å². The van der Waals surface area contributed by atoms with Crippen molar-refractivity contribution in [2.45, 2.75) is 46.3 Å². The predicted octanol–water partition coefficient (Wildman–Crippen LogP) is 2.86. The fourth-order valence-electron chi connectivity index (χ4n) is 2.58. The topological polar surface area (TPSA) is 74.1 Å². The van der Waals surface area contributed by atoms with Crippen LogP contribution in [0.1, 0.15) is 38.0 Å². The minimum atomic E-state index is -0.304. The van der Waals surface area contributed by atoms with Gasteiger partial charge in [-0.05, 0) is 25.0 Å². The van der Waals surface area contributed by atoms with Crippen LogP contribution in [0.25, 0.3) is 11.5 Å². The van der Waals surface area contributed by atoms with E-state index in [2.05, 4.69) is 29.4 Å². The molecule has 2 aromatic heterocycles. The van der Waals surface area contributed by atoms with Crippen LogP contribution in [-0.4, -0.2) is 28.0 Å². The zero-order valence-corrected chi connectivity index (χ0v) is 13.0. The molecule has 0 aromatic carbocycles. The molecule has 0 spiro atoms. The summed E-state index contributed by atoms with van der Waals surface area (Å²) in [4.78, 5) is 0. The molecule has 0 saturated heterocycles. The Morgan fingerprint density at radius 1 is 1.33 bits per heavy atom. The van der Waals surface area contributed by atoms with Crippen molar-refractivity contribution in [1.29, 1.82) is 0 Å². The standard InChI is InChI=1S/C16H25N3O2/c1-4-12(5-2)14(20)10-17-8-13-9-18-19-16(13)15-7-6-11(3)21-15/h6-7,9,12,14,17,20H,4-5,8,10H2,1-3H3,(H,18,19). The molecule has 1 atom stereocenters. The van der Waals surface area contributed by atoms with Crippen LogP contribution in [0, 0.1) is 12.8 Å². The van der Waals surface area contributed by atoms with Crippen molar-refractivity contribution in [3.05, 3.63) is 29.7 Å². The third-order valence-corrected chi connectivity index (χ3v) is 3.97. The molecule has 2 aromatic rings. The summed E-state index contributed by atoms with van der Waals surface area (Å²) in [6.45, 7) is 7.40. The molecule has 2 rings (SSSR count). The molecule has 116 valence electrons. The van der Waals surface area contributed by atoms with Gasteiger partial charge in [-0.25, -0.2) is 0 Å². The molecule has 0 fully saturated rings. The molecule has 0 saturated carbocycles. The van der Waals surface area contributed by atoms with Crippen molar-refractivity contribution in [2.75, 3.05) is 6.54 Å². The molecule has 0 aliphatic carbocycles. The summed E-state index contributed by atoms with van der Waals surface area (Å²) < 4.78 is 5.62. The van der Waals surface area contributed by atoms with Crippen molar-refractivity contribution in [3.63, 3.8) is 0 Å². The van der Waals surface area contributed by atoms with Crippen LogP contribution < -0.4 is 5.32 Å². The lowest BCUT2D eigenvalue weighted by atomic mass is 9.96. The van der Waals surface area contributed by atoms with E-state index in [0.717, 1.165) is 35.6 Å². The van der Waals surface area contributed by atoms with Crippen LogP contribution in [0.4, 0.5) is 0 Å². The lowest BCUT2D eigenvalue weighted by molar-refractivity contribution is 0.101. The number of hydrogen-bond acceptors (Lipinski definition) is 4. The average Bonchev–Trinajstić information content (AvgIpc) is 3.09. The van der Waals surface area contributed by atoms with Gasteiger partial charge in [-0.2, -0.15) is 5.10 Å². The molecule has 5 heteroatoms. The van der Waals surface area contributed by atoms with E-state index in [9.17, 15) is 5.11 Å². The number of nitrogens with one attached hydrogen (secondary N) is 2. The molecular formula is C16H25N3O2. The molecule has 0 aliphatic rings. The summed E-state index contributed by atoms with van der Waals surface area (Å²) in [5, 5.41) is 20.5. The van der Waals surface area contributed by atoms with Gasteiger partial charge in [0.15, 0.2) is 5.76 Å². The van der Waals surface area contributed by atoms with Gasteiger partial charge >= 0.3 is 0 Å². The Morgan fingerprint density at radius 3 is 2.71 bits per heavy atom. The fourth-order valence-corrected chi connectivity index (χ4v) is 2.58. The van der Waals surface area contributed by atoms with Crippen molar-refractivity contribution >= 4 is 0 Å². The summed E-state index contributed by atoms with van der Waals surface area (Å²) in [6.07, 6.45) is 3.49. The van der Waals surface area contributed by atoms with Gasteiger partial charge in [0.25, 0.3) is 0 Å². The number of aryl methyl sites for hydroxylation is 1. The first-order valence-corrected chi connectivity index (χ1v) is 7.63. The fraction of sp³-hybridized carbons (Fsp3) is 0.562. The number of aromatic nitrogens is 2. The third kappa shape index (κ3) is 3.95. The number of rotatable bonds is 8. The highest BCUT2D eigenvalue weighted by atomic mass is 16.3. The first-order chi connectivity index (χ1) is 10.2. The Hall–Kier alpha value is -1.59. The Labute approximate surface area is 125 Å². The van der Waals surface area contributed by atoms with Gasteiger partial charge in [0.2, 0.25) is 0 Å². The number of furan rings is 1. The van der Waals surface area contributed by atoms with E-state index < -0.39 is 0 Å². The molecule has 21 heavy (non-hydrogen) atoms. The predicted molar refractivity (Wildman–Crippen MR) is 82.8 cm³/mol. The van der Waals surface area contributed by atoms with E-state index >= 15 is 0 Å². The minimum absolute atomic E-state index is 0.304. The highest BCUT2D eigenvalue weighted by Gasteiger charge is 2.16. The zero-order chi connectivity index (χ0) is 15.2. The van der Waals surface area contributed by atoms with Gasteiger partial charge in [0, 0.05) is 18.7 Å². The molecule has 3 N–H and O–H groups in total. The largest absolute Gasteiger partial charge is 0.460 e. The van der Waals surface area contributed by atoms with E-state index in [1.165, 1.54) is 0 Å². The number of aliphatic hydroxyl groups is 1. The van der Waals surface area contributed by atoms with Gasteiger partial charge in [-0.1, -0.05) is 26.7 Å². The van der Waals surface area contributed by atoms with E-state index in [4.69, 9.17) is 4.42 Å². The average molecular weight is 291 g/mol. The van der Waals surface area contributed by atoms with Gasteiger partial charge in [0.1, 0.15) is 11.5 Å². The van der Waals surface area contributed by atoms with Gasteiger partial charge < -0.3 is 14.8 Å². The minimum Gasteiger partial charge on any atom is -0.460 e. The quantitative estimate of drug-likeness (QED) is 0.699. The van der Waals surface area contributed by atoms with Crippen LogP contribution in [0.2, 0.25) is 0 Å². The molecule has 2 heterocycles. The second kappa shape index (κ2) is 7.43. The Bertz CT molecular complexity index is 543. The highest BCUT2D eigenvalue weighted by molar-refractivity contribution is 5.56. The van der Waals surface area contributed by atoms with Crippen LogP contribution in [0.3, 0.4) is 0 Å². The number of H-pyrrole nitrogens is 1. The zero-order valence-electron chi connectivity index (χ0n) is 13.0. The molecule has 0 amide bonds. The lowest BCUT2D eigenvalue weighted by Crippen LogP contribution is -2.32. The number of nitrogens with zero attached hydrogens (tertiary/aromatic N) is 1. The van der Waals surface area contributed by atoms with Crippen LogP contribution in [0.15, 0.2) is 22.7 Å². The van der Waals surface area contributed by atoms with Crippen LogP contribution >= 0.6 is 0 Å². The molecule has 0 bridgehead atoms. The third-order valence-electron chi connectivity index (χ3n) is 3.97. The highest BCUT2D eigenvalue weighted by Crippen LogP contribution is 2.23. The van der Waals surface area contributed by atoms with Crippen molar-refractivity contribution in [2.24, 2.45) is 5.92 Å². The number of aliphatic hydroxyl groups excluding tert-OH is 1. The lowest BCUT2D eigenvalue weighted by Gasteiger charge is -2.20. The molecular weight excluding hydrogens is 266 g/mol. The van der Waals surface area contributed by atoms with E-state index in [1.54, 1.807) is 6.20 Å². The monoisotopic (exact) mass is 291 g/mol. The summed E-state index contributed by atoms with van der Waals surface area (Å²) >= 11 is 0. The second-order valence-corrected chi connectivity index (χ2v) is 5.46. The summed E-state index contributed by atoms with van der Waals surface area (Å²) in [5.41, 5.74) is 1.94. The maximum Gasteiger partial charge on any atom is 0.152 e. The van der Waals surface area contributed by atoms with Crippen molar-refractivity contribution in [3.8, 4) is 11.5 Å². The van der Waals surface area contributed by atoms with Crippen LogP contribution in [-0.2, 0) is 6.54 Å². The smallest absolute Gasteiger partial charge is 0.152 e. The second-order valence-electron chi connectivity index (χ2n) is 5.46. The SMILES string of the molecule is CCC(CC)C(O)CNCc1cn[nH]c1-c1ccc(C)o1. The van der Waals surface area contributed by atoms with Gasteiger partial charge in [-0.15, -0.1) is 0 Å².